The zero-order chi connectivity index (χ0) is 10.6. The van der Waals surface area contributed by atoms with Crippen molar-refractivity contribution in [3.63, 3.8) is 0 Å². The summed E-state index contributed by atoms with van der Waals surface area (Å²) >= 11 is 0. The molecule has 0 aromatic heterocycles. The average Bonchev–Trinajstić information content (AvgIpc) is 2.19. The van der Waals surface area contributed by atoms with Gasteiger partial charge in [0.1, 0.15) is 0 Å². The van der Waals surface area contributed by atoms with Crippen molar-refractivity contribution in [3.8, 4) is 0 Å². The van der Waals surface area contributed by atoms with Crippen LogP contribution in [-0.2, 0) is 4.79 Å². The maximum Gasteiger partial charge on any atom is 0.209 e. The fourth-order valence-corrected chi connectivity index (χ4v) is 1.68. The van der Waals surface area contributed by atoms with Crippen LogP contribution in [0.1, 0.15) is 13.8 Å². The lowest BCUT2D eigenvalue weighted by atomic mass is 9.94. The Kier molecular flexibility index (Phi) is 3.89. The third kappa shape index (κ3) is 3.27. The number of carbonyl (C=O) groups excluding carboxylic acids is 1. The molecule has 0 aromatic carbocycles. The molecule has 1 fully saturated rings. The summed E-state index contributed by atoms with van der Waals surface area (Å²) in [6.45, 7) is 8.68. The van der Waals surface area contributed by atoms with Gasteiger partial charge >= 0.3 is 0 Å². The predicted molar refractivity (Wildman–Crippen MR) is 54.9 cm³/mol. The highest BCUT2D eigenvalue weighted by molar-refractivity contribution is 5.47. The second kappa shape index (κ2) is 4.75. The van der Waals surface area contributed by atoms with Gasteiger partial charge in [-0.25, -0.2) is 0 Å². The van der Waals surface area contributed by atoms with E-state index in [1.165, 1.54) is 0 Å². The van der Waals surface area contributed by atoms with E-state index in [1.54, 1.807) is 4.90 Å². The molecule has 1 heterocycles. The Hall–Kier alpha value is -0.610. The van der Waals surface area contributed by atoms with Crippen molar-refractivity contribution in [3.05, 3.63) is 0 Å². The number of piperazine rings is 1. The molecule has 0 spiro atoms. The normalized spacial score (nSPS) is 19.8. The number of hydrogen-bond donors (Lipinski definition) is 1. The van der Waals surface area contributed by atoms with E-state index in [0.29, 0.717) is 0 Å². The van der Waals surface area contributed by atoms with E-state index >= 15 is 0 Å². The van der Waals surface area contributed by atoms with Crippen LogP contribution in [0.5, 0.6) is 0 Å². The van der Waals surface area contributed by atoms with Crippen LogP contribution >= 0.6 is 0 Å². The second-order valence-electron chi connectivity index (χ2n) is 4.74. The highest BCUT2D eigenvalue weighted by Gasteiger charge is 2.23. The van der Waals surface area contributed by atoms with Gasteiger partial charge in [-0.05, 0) is 0 Å². The van der Waals surface area contributed by atoms with E-state index in [0.717, 1.165) is 39.1 Å². The smallest absolute Gasteiger partial charge is 0.209 e. The molecule has 1 N–H and O–H groups in total. The van der Waals surface area contributed by atoms with Gasteiger partial charge < -0.3 is 10.0 Å². The summed E-state index contributed by atoms with van der Waals surface area (Å²) in [6.07, 6.45) is 0.911. The van der Waals surface area contributed by atoms with Crippen LogP contribution in [0.4, 0.5) is 0 Å². The number of aliphatic hydroxyl groups excluding tert-OH is 1. The summed E-state index contributed by atoms with van der Waals surface area (Å²) in [5.41, 5.74) is -0.0383. The molecule has 0 atom stereocenters. The highest BCUT2D eigenvalue weighted by atomic mass is 16.3. The molecule has 1 rings (SSSR count). The van der Waals surface area contributed by atoms with E-state index in [9.17, 15) is 4.79 Å². The van der Waals surface area contributed by atoms with Crippen molar-refractivity contribution in [2.75, 3.05) is 39.3 Å². The van der Waals surface area contributed by atoms with E-state index in [2.05, 4.69) is 18.7 Å². The first-order valence-electron chi connectivity index (χ1n) is 5.10. The molecule has 82 valence electrons. The minimum absolute atomic E-state index is 0.0383. The summed E-state index contributed by atoms with van der Waals surface area (Å²) in [6, 6.07) is 0. The summed E-state index contributed by atoms with van der Waals surface area (Å²) in [7, 11) is 0. The molecule has 1 aliphatic heterocycles. The van der Waals surface area contributed by atoms with E-state index in [-0.39, 0.29) is 12.0 Å². The number of amides is 1. The van der Waals surface area contributed by atoms with Crippen LogP contribution in [0, 0.1) is 5.41 Å². The molecule has 4 heteroatoms. The lowest BCUT2D eigenvalue weighted by Crippen LogP contribution is -2.49. The number of carbonyl (C=O) groups is 1. The monoisotopic (exact) mass is 200 g/mol. The Balaban J connectivity index is 2.32. The van der Waals surface area contributed by atoms with Gasteiger partial charge in [0.25, 0.3) is 0 Å². The maximum absolute atomic E-state index is 10.5. The molecule has 0 saturated carbocycles. The summed E-state index contributed by atoms with van der Waals surface area (Å²) in [5.74, 6) is 0. The Morgan fingerprint density at radius 3 is 2.29 bits per heavy atom. The summed E-state index contributed by atoms with van der Waals surface area (Å²) in [5, 5.41) is 9.13. The van der Waals surface area contributed by atoms with E-state index < -0.39 is 0 Å². The van der Waals surface area contributed by atoms with Gasteiger partial charge in [-0.15, -0.1) is 0 Å². The third-order valence-corrected chi connectivity index (χ3v) is 2.64. The topological polar surface area (TPSA) is 43.8 Å². The van der Waals surface area contributed by atoms with Gasteiger partial charge in [0.2, 0.25) is 6.41 Å². The first-order chi connectivity index (χ1) is 6.57. The fraction of sp³-hybridized carbons (Fsp3) is 0.900. The van der Waals surface area contributed by atoms with Gasteiger partial charge in [-0.2, -0.15) is 0 Å². The molecule has 1 saturated heterocycles. The zero-order valence-electron chi connectivity index (χ0n) is 9.07. The Morgan fingerprint density at radius 2 is 1.86 bits per heavy atom. The van der Waals surface area contributed by atoms with Crippen LogP contribution in [0.25, 0.3) is 0 Å². The molecule has 4 nitrogen and oxygen atoms in total. The summed E-state index contributed by atoms with van der Waals surface area (Å²) < 4.78 is 0. The lowest BCUT2D eigenvalue weighted by molar-refractivity contribution is -0.119. The number of rotatable bonds is 4. The first-order valence-corrected chi connectivity index (χ1v) is 5.10. The molecule has 0 aromatic rings. The van der Waals surface area contributed by atoms with Crippen molar-refractivity contribution < 1.29 is 9.90 Å². The molecule has 0 radical (unpaired) electrons. The van der Waals surface area contributed by atoms with Crippen LogP contribution in [0.2, 0.25) is 0 Å². The van der Waals surface area contributed by atoms with Crippen molar-refractivity contribution in [1.29, 1.82) is 0 Å². The van der Waals surface area contributed by atoms with E-state index in [4.69, 9.17) is 5.11 Å². The van der Waals surface area contributed by atoms with E-state index in [1.807, 2.05) is 0 Å². The number of nitrogens with zero attached hydrogens (tertiary/aromatic N) is 2. The molecule has 1 aliphatic rings. The first kappa shape index (κ1) is 11.5. The second-order valence-corrected chi connectivity index (χ2v) is 4.74. The molecule has 0 aliphatic carbocycles. The Morgan fingerprint density at radius 1 is 1.29 bits per heavy atom. The van der Waals surface area contributed by atoms with Gasteiger partial charge in [0.05, 0.1) is 0 Å². The van der Waals surface area contributed by atoms with Crippen molar-refractivity contribution in [2.24, 2.45) is 5.41 Å². The summed E-state index contributed by atoms with van der Waals surface area (Å²) in [4.78, 5) is 14.6. The van der Waals surface area contributed by atoms with Crippen LogP contribution < -0.4 is 0 Å². The van der Waals surface area contributed by atoms with Gasteiger partial charge in [-0.3, -0.25) is 9.69 Å². The van der Waals surface area contributed by atoms with Crippen LogP contribution in [0.3, 0.4) is 0 Å². The molecule has 14 heavy (non-hydrogen) atoms. The molecule has 1 amide bonds. The minimum atomic E-state index is -0.0383. The molecular formula is C10H20N2O2. The van der Waals surface area contributed by atoms with Crippen molar-refractivity contribution >= 4 is 6.41 Å². The predicted octanol–water partition coefficient (Wildman–Crippen LogP) is -0.221. The van der Waals surface area contributed by atoms with Crippen molar-refractivity contribution in [1.82, 2.24) is 9.80 Å². The number of aliphatic hydroxyl groups is 1. The molecule has 0 unspecified atom stereocenters. The average molecular weight is 200 g/mol. The third-order valence-electron chi connectivity index (χ3n) is 2.64. The van der Waals surface area contributed by atoms with Gasteiger partial charge in [0, 0.05) is 44.7 Å². The maximum atomic E-state index is 10.5. The lowest BCUT2D eigenvalue weighted by Gasteiger charge is -2.36. The van der Waals surface area contributed by atoms with Crippen LogP contribution in [-0.4, -0.2) is 60.6 Å². The SMILES string of the molecule is CC(C)(CO)CN1CCN(C=O)CC1. The highest BCUT2D eigenvalue weighted by Crippen LogP contribution is 2.16. The largest absolute Gasteiger partial charge is 0.396 e. The molecular weight excluding hydrogens is 180 g/mol. The Bertz CT molecular complexity index is 187. The fourth-order valence-electron chi connectivity index (χ4n) is 1.68. The van der Waals surface area contributed by atoms with Gasteiger partial charge in [0.15, 0.2) is 0 Å². The standard InChI is InChI=1S/C10H20N2O2/c1-10(2,8-13)7-11-3-5-12(9-14)6-4-11/h9,13H,3-8H2,1-2H3. The Labute approximate surface area is 85.5 Å². The zero-order valence-corrected chi connectivity index (χ0v) is 9.07. The van der Waals surface area contributed by atoms with Crippen molar-refractivity contribution in [2.45, 2.75) is 13.8 Å². The quantitative estimate of drug-likeness (QED) is 0.638. The van der Waals surface area contributed by atoms with Gasteiger partial charge in [-0.1, -0.05) is 13.8 Å². The number of hydrogen-bond acceptors (Lipinski definition) is 3. The van der Waals surface area contributed by atoms with Crippen LogP contribution in [0.15, 0.2) is 0 Å². The molecule has 0 bridgehead atoms. The minimum Gasteiger partial charge on any atom is -0.396 e.